The molecular formula is C11H7ClF4N2S. The van der Waals surface area contributed by atoms with Crippen LogP contribution in [0.2, 0.25) is 4.34 Å². The van der Waals surface area contributed by atoms with Gasteiger partial charge in [-0.25, -0.2) is 9.37 Å². The third kappa shape index (κ3) is 3.57. The molecule has 1 aromatic carbocycles. The van der Waals surface area contributed by atoms with Crippen LogP contribution in [0.15, 0.2) is 24.4 Å². The van der Waals surface area contributed by atoms with E-state index in [1.165, 1.54) is 17.5 Å². The van der Waals surface area contributed by atoms with E-state index < -0.39 is 17.6 Å². The minimum atomic E-state index is -4.51. The highest BCUT2D eigenvalue weighted by molar-refractivity contribution is 7.15. The van der Waals surface area contributed by atoms with Crippen LogP contribution in [0.5, 0.6) is 0 Å². The fourth-order valence-electron chi connectivity index (χ4n) is 1.38. The topological polar surface area (TPSA) is 24.9 Å². The SMILES string of the molecule is Fc1ccc(C(F)(F)F)cc1NCc1ncc(Cl)s1. The predicted octanol–water partition coefficient (Wildman–Crippen LogP) is 4.57. The van der Waals surface area contributed by atoms with E-state index in [1.54, 1.807) is 0 Å². The van der Waals surface area contributed by atoms with E-state index in [4.69, 9.17) is 11.6 Å². The molecule has 0 aliphatic carbocycles. The average Bonchev–Trinajstić information content (AvgIpc) is 2.72. The van der Waals surface area contributed by atoms with Crippen LogP contribution in [0, 0.1) is 5.82 Å². The van der Waals surface area contributed by atoms with Crippen molar-refractivity contribution in [3.63, 3.8) is 0 Å². The first-order valence-electron chi connectivity index (χ1n) is 5.07. The molecule has 8 heteroatoms. The van der Waals surface area contributed by atoms with Crippen molar-refractivity contribution in [1.82, 2.24) is 4.98 Å². The van der Waals surface area contributed by atoms with E-state index in [1.807, 2.05) is 0 Å². The summed E-state index contributed by atoms with van der Waals surface area (Å²) in [6.07, 6.45) is -3.08. The first-order chi connectivity index (χ1) is 8.86. The zero-order valence-electron chi connectivity index (χ0n) is 9.26. The Balaban J connectivity index is 2.15. The number of nitrogens with one attached hydrogen (secondary N) is 1. The third-order valence-corrected chi connectivity index (χ3v) is 3.36. The second kappa shape index (κ2) is 5.34. The Hall–Kier alpha value is -1.34. The Morgan fingerprint density at radius 2 is 2.05 bits per heavy atom. The van der Waals surface area contributed by atoms with Crippen molar-refractivity contribution in [3.05, 3.63) is 45.1 Å². The van der Waals surface area contributed by atoms with Gasteiger partial charge in [0, 0.05) is 0 Å². The zero-order valence-corrected chi connectivity index (χ0v) is 10.8. The van der Waals surface area contributed by atoms with Gasteiger partial charge in [-0.15, -0.1) is 11.3 Å². The first-order valence-corrected chi connectivity index (χ1v) is 6.26. The monoisotopic (exact) mass is 310 g/mol. The van der Waals surface area contributed by atoms with Crippen molar-refractivity contribution in [1.29, 1.82) is 0 Å². The summed E-state index contributed by atoms with van der Waals surface area (Å²) in [6.45, 7) is 0.107. The van der Waals surface area contributed by atoms with Gasteiger partial charge in [0.15, 0.2) is 0 Å². The fraction of sp³-hybridized carbons (Fsp3) is 0.182. The predicted molar refractivity (Wildman–Crippen MR) is 65.9 cm³/mol. The highest BCUT2D eigenvalue weighted by Crippen LogP contribution is 2.32. The number of halogens is 5. The summed E-state index contributed by atoms with van der Waals surface area (Å²) in [7, 11) is 0. The quantitative estimate of drug-likeness (QED) is 0.840. The number of rotatable bonds is 3. The molecule has 0 bridgehead atoms. The van der Waals surface area contributed by atoms with Crippen molar-refractivity contribution in [3.8, 4) is 0 Å². The Bertz CT molecular complexity index is 582. The lowest BCUT2D eigenvalue weighted by molar-refractivity contribution is -0.137. The van der Waals surface area contributed by atoms with Gasteiger partial charge in [0.25, 0.3) is 0 Å². The molecule has 2 nitrogen and oxygen atoms in total. The van der Waals surface area contributed by atoms with Gasteiger partial charge in [-0.2, -0.15) is 13.2 Å². The molecule has 0 spiro atoms. The molecule has 0 aliphatic heterocycles. The fourth-order valence-corrected chi connectivity index (χ4v) is 2.27. The number of alkyl halides is 3. The lowest BCUT2D eigenvalue weighted by Crippen LogP contribution is -2.07. The zero-order chi connectivity index (χ0) is 14.0. The molecule has 0 fully saturated rings. The maximum absolute atomic E-state index is 13.4. The Morgan fingerprint density at radius 1 is 1.32 bits per heavy atom. The van der Waals surface area contributed by atoms with Crippen molar-refractivity contribution in [2.75, 3.05) is 5.32 Å². The maximum atomic E-state index is 13.4. The molecule has 0 saturated carbocycles. The van der Waals surface area contributed by atoms with Crippen LogP contribution in [-0.2, 0) is 12.7 Å². The summed E-state index contributed by atoms with van der Waals surface area (Å²) < 4.78 is 51.3. The van der Waals surface area contributed by atoms with E-state index in [9.17, 15) is 17.6 Å². The summed E-state index contributed by atoms with van der Waals surface area (Å²) >= 11 is 6.83. The molecule has 0 atom stereocenters. The number of hydrogen-bond donors (Lipinski definition) is 1. The standard InChI is InChI=1S/C11H7ClF4N2S/c12-9-4-18-10(19-9)5-17-8-3-6(11(14,15)16)1-2-7(8)13/h1-4,17H,5H2. The molecule has 102 valence electrons. The van der Waals surface area contributed by atoms with Crippen LogP contribution < -0.4 is 5.32 Å². The molecule has 0 aliphatic rings. The number of benzene rings is 1. The van der Waals surface area contributed by atoms with Gasteiger partial charge in [0.2, 0.25) is 0 Å². The molecule has 0 unspecified atom stereocenters. The van der Waals surface area contributed by atoms with Gasteiger partial charge in [-0.05, 0) is 18.2 Å². The normalized spacial score (nSPS) is 11.6. The largest absolute Gasteiger partial charge is 0.416 e. The highest BCUT2D eigenvalue weighted by atomic mass is 35.5. The minimum absolute atomic E-state index is 0.107. The smallest absolute Gasteiger partial charge is 0.376 e. The highest BCUT2D eigenvalue weighted by Gasteiger charge is 2.31. The Kier molecular flexibility index (Phi) is 3.96. The second-order valence-corrected chi connectivity index (χ2v) is 5.35. The molecular weight excluding hydrogens is 304 g/mol. The molecule has 1 heterocycles. The molecule has 0 amide bonds. The summed E-state index contributed by atoms with van der Waals surface area (Å²) in [6, 6.07) is 2.20. The summed E-state index contributed by atoms with van der Waals surface area (Å²) in [5.74, 6) is -0.754. The lowest BCUT2D eigenvalue weighted by Gasteiger charge is -2.10. The van der Waals surface area contributed by atoms with Gasteiger partial charge in [-0.3, -0.25) is 0 Å². The molecule has 0 saturated heterocycles. The number of aromatic nitrogens is 1. The van der Waals surface area contributed by atoms with Crippen LogP contribution in [0.25, 0.3) is 0 Å². The summed E-state index contributed by atoms with van der Waals surface area (Å²) in [5.41, 5.74) is -1.13. The van der Waals surface area contributed by atoms with Crippen LogP contribution in [0.3, 0.4) is 0 Å². The van der Waals surface area contributed by atoms with Gasteiger partial charge in [0.1, 0.15) is 15.2 Å². The molecule has 0 radical (unpaired) electrons. The van der Waals surface area contributed by atoms with E-state index in [-0.39, 0.29) is 12.2 Å². The van der Waals surface area contributed by atoms with Gasteiger partial charge in [0.05, 0.1) is 24.0 Å². The summed E-state index contributed by atoms with van der Waals surface area (Å²) in [4.78, 5) is 3.91. The second-order valence-electron chi connectivity index (χ2n) is 3.60. The Morgan fingerprint density at radius 3 is 2.63 bits per heavy atom. The minimum Gasteiger partial charge on any atom is -0.376 e. The van der Waals surface area contributed by atoms with E-state index in [0.717, 1.165) is 12.1 Å². The number of hydrogen-bond acceptors (Lipinski definition) is 3. The van der Waals surface area contributed by atoms with Gasteiger partial charge < -0.3 is 5.32 Å². The summed E-state index contributed by atoms with van der Waals surface area (Å²) in [5, 5.41) is 3.13. The van der Waals surface area contributed by atoms with Crippen LogP contribution >= 0.6 is 22.9 Å². The third-order valence-electron chi connectivity index (χ3n) is 2.25. The van der Waals surface area contributed by atoms with E-state index in [2.05, 4.69) is 10.3 Å². The molecule has 2 aromatic rings. The van der Waals surface area contributed by atoms with Crippen LogP contribution in [0.4, 0.5) is 23.2 Å². The van der Waals surface area contributed by atoms with Gasteiger partial charge in [-0.1, -0.05) is 11.6 Å². The van der Waals surface area contributed by atoms with Gasteiger partial charge >= 0.3 is 6.18 Å². The number of nitrogens with zero attached hydrogens (tertiary/aromatic N) is 1. The molecule has 1 N–H and O–H groups in total. The van der Waals surface area contributed by atoms with Crippen LogP contribution in [-0.4, -0.2) is 4.98 Å². The van der Waals surface area contributed by atoms with E-state index in [0.29, 0.717) is 15.4 Å². The van der Waals surface area contributed by atoms with Crippen molar-refractivity contribution < 1.29 is 17.6 Å². The molecule has 2 rings (SSSR count). The van der Waals surface area contributed by atoms with Crippen LogP contribution in [0.1, 0.15) is 10.6 Å². The maximum Gasteiger partial charge on any atom is 0.416 e. The van der Waals surface area contributed by atoms with Crippen molar-refractivity contribution in [2.45, 2.75) is 12.7 Å². The number of thiazole rings is 1. The first kappa shape index (κ1) is 14.1. The molecule has 1 aromatic heterocycles. The van der Waals surface area contributed by atoms with E-state index >= 15 is 0 Å². The van der Waals surface area contributed by atoms with Crippen molar-refractivity contribution in [2.24, 2.45) is 0 Å². The lowest BCUT2D eigenvalue weighted by atomic mass is 10.2. The number of anilines is 1. The average molecular weight is 311 g/mol. The van der Waals surface area contributed by atoms with Crippen molar-refractivity contribution >= 4 is 28.6 Å². The Labute approximate surface area is 115 Å². The molecule has 19 heavy (non-hydrogen) atoms.